The second-order valence-corrected chi connectivity index (χ2v) is 8.66. The van der Waals surface area contributed by atoms with Crippen LogP contribution in [0.4, 0.5) is 0 Å². The number of nitrogens with zero attached hydrogens (tertiary/aromatic N) is 3. The van der Waals surface area contributed by atoms with Crippen molar-refractivity contribution in [1.82, 2.24) is 14.1 Å². The molecule has 2 heterocycles. The molecule has 0 amide bonds. The van der Waals surface area contributed by atoms with E-state index < -0.39 is 0 Å². The molecule has 0 aliphatic heterocycles. The van der Waals surface area contributed by atoms with Crippen molar-refractivity contribution in [2.45, 2.75) is 13.0 Å². The van der Waals surface area contributed by atoms with E-state index in [1.165, 1.54) is 0 Å². The van der Waals surface area contributed by atoms with E-state index in [2.05, 4.69) is 10.6 Å². The maximum Gasteiger partial charge on any atom is 0.277 e. The van der Waals surface area contributed by atoms with Gasteiger partial charge in [0.05, 0.1) is 23.8 Å². The third-order valence-corrected chi connectivity index (χ3v) is 6.45. The molecular formula is C27H25ClN4O2. The largest absolute Gasteiger partial charge is 0.497 e. The summed E-state index contributed by atoms with van der Waals surface area (Å²) in [4.78, 5) is 18.5. The Hall–Kier alpha value is -3.61. The van der Waals surface area contributed by atoms with Crippen LogP contribution in [0.25, 0.3) is 44.5 Å². The van der Waals surface area contributed by atoms with Crippen molar-refractivity contribution in [2.24, 2.45) is 12.8 Å². The van der Waals surface area contributed by atoms with Gasteiger partial charge in [0.25, 0.3) is 5.56 Å². The minimum Gasteiger partial charge on any atom is -0.497 e. The van der Waals surface area contributed by atoms with Crippen LogP contribution in [-0.4, -0.2) is 27.8 Å². The summed E-state index contributed by atoms with van der Waals surface area (Å²) in [5, 5.41) is 1.62. The predicted molar refractivity (Wildman–Crippen MR) is 139 cm³/mol. The fraction of sp³-hybridized carbons (Fsp3) is 0.185. The van der Waals surface area contributed by atoms with Gasteiger partial charge in [0.1, 0.15) is 11.4 Å². The van der Waals surface area contributed by atoms with Gasteiger partial charge in [-0.15, -0.1) is 0 Å². The molecule has 0 aliphatic rings. The van der Waals surface area contributed by atoms with Gasteiger partial charge in [0.15, 0.2) is 0 Å². The number of aryl methyl sites for hydroxylation is 2. The Morgan fingerprint density at radius 1 is 1.03 bits per heavy atom. The summed E-state index contributed by atoms with van der Waals surface area (Å²) in [6.45, 7) is 1.29. The molecule has 2 N–H and O–H groups in total. The molecule has 5 rings (SSSR count). The number of aromatic nitrogens is 3. The number of hydrogen-bond acceptors (Lipinski definition) is 4. The number of fused-ring (bicyclic) bond motifs is 2. The molecule has 0 atom stereocenters. The highest BCUT2D eigenvalue weighted by molar-refractivity contribution is 6.30. The van der Waals surface area contributed by atoms with Crippen molar-refractivity contribution < 1.29 is 4.74 Å². The minimum absolute atomic E-state index is 0.158. The molecule has 0 radical (unpaired) electrons. The first-order chi connectivity index (χ1) is 16.5. The topological polar surface area (TPSA) is 75.1 Å². The van der Waals surface area contributed by atoms with E-state index in [0.29, 0.717) is 28.5 Å². The monoisotopic (exact) mass is 472 g/mol. The van der Waals surface area contributed by atoms with Crippen LogP contribution in [-0.2, 0) is 13.6 Å². The molecule has 0 saturated carbocycles. The third-order valence-electron chi connectivity index (χ3n) is 6.19. The Labute approximate surface area is 202 Å². The smallest absolute Gasteiger partial charge is 0.277 e. The lowest BCUT2D eigenvalue weighted by atomic mass is 10.0. The summed E-state index contributed by atoms with van der Waals surface area (Å²) in [6, 6.07) is 21.3. The average molecular weight is 473 g/mol. The van der Waals surface area contributed by atoms with Gasteiger partial charge in [-0.05, 0) is 48.9 Å². The van der Waals surface area contributed by atoms with Crippen molar-refractivity contribution in [3.63, 3.8) is 0 Å². The molecule has 0 saturated heterocycles. The summed E-state index contributed by atoms with van der Waals surface area (Å²) in [6.07, 6.45) is 0.805. The first kappa shape index (κ1) is 22.2. The zero-order valence-corrected chi connectivity index (χ0v) is 19.8. The fourth-order valence-electron chi connectivity index (χ4n) is 4.54. The van der Waals surface area contributed by atoms with Gasteiger partial charge in [-0.3, -0.25) is 4.79 Å². The van der Waals surface area contributed by atoms with Crippen LogP contribution in [0.15, 0.2) is 71.5 Å². The number of halogens is 1. The van der Waals surface area contributed by atoms with Gasteiger partial charge in [-0.1, -0.05) is 41.9 Å². The Kier molecular flexibility index (Phi) is 5.86. The highest BCUT2D eigenvalue weighted by Gasteiger charge is 2.24. The highest BCUT2D eigenvalue weighted by Crippen LogP contribution is 2.40. The van der Waals surface area contributed by atoms with Crippen molar-refractivity contribution in [3.8, 4) is 28.3 Å². The van der Waals surface area contributed by atoms with Crippen LogP contribution in [0.1, 0.15) is 6.42 Å². The maximum absolute atomic E-state index is 13.7. The minimum atomic E-state index is -0.158. The molecule has 34 heavy (non-hydrogen) atoms. The predicted octanol–water partition coefficient (Wildman–Crippen LogP) is 5.23. The number of para-hydroxylation sites is 1. The van der Waals surface area contributed by atoms with Gasteiger partial charge in [-0.25, -0.2) is 4.98 Å². The van der Waals surface area contributed by atoms with Gasteiger partial charge in [0.2, 0.25) is 0 Å². The van der Waals surface area contributed by atoms with Gasteiger partial charge >= 0.3 is 0 Å². The van der Waals surface area contributed by atoms with Crippen LogP contribution < -0.4 is 16.0 Å². The summed E-state index contributed by atoms with van der Waals surface area (Å²) in [7, 11) is 3.39. The van der Waals surface area contributed by atoms with E-state index in [0.717, 1.165) is 46.2 Å². The lowest BCUT2D eigenvalue weighted by Crippen LogP contribution is -2.21. The Morgan fingerprint density at radius 2 is 1.79 bits per heavy atom. The molecule has 0 fully saturated rings. The summed E-state index contributed by atoms with van der Waals surface area (Å²) >= 11 is 6.20. The lowest BCUT2D eigenvalue weighted by molar-refractivity contribution is 0.415. The van der Waals surface area contributed by atoms with E-state index in [1.54, 1.807) is 18.7 Å². The molecule has 0 bridgehead atoms. The molecule has 2 aromatic heterocycles. The quantitative estimate of drug-likeness (QED) is 0.367. The van der Waals surface area contributed by atoms with E-state index in [4.69, 9.17) is 27.1 Å². The number of nitrogens with two attached hydrogens (primary N) is 1. The van der Waals surface area contributed by atoms with E-state index >= 15 is 0 Å². The first-order valence-corrected chi connectivity index (χ1v) is 11.5. The summed E-state index contributed by atoms with van der Waals surface area (Å²) in [5.74, 6) is 0.688. The van der Waals surface area contributed by atoms with Crippen molar-refractivity contribution >= 4 is 33.5 Å². The van der Waals surface area contributed by atoms with Crippen LogP contribution in [0, 0.1) is 0 Å². The van der Waals surface area contributed by atoms with Crippen LogP contribution in [0.3, 0.4) is 0 Å². The molecule has 0 spiro atoms. The second kappa shape index (κ2) is 8.97. The van der Waals surface area contributed by atoms with Gasteiger partial charge in [0, 0.05) is 41.1 Å². The van der Waals surface area contributed by atoms with Gasteiger partial charge in [-0.2, -0.15) is 0 Å². The molecule has 0 unspecified atom stereocenters. The SMILES string of the molecule is COc1ccc2c(c1)nc(-c1c(-c3ccc(Cl)cc3)n(CCCN)c3ccccc13)c(=O)n2C. The lowest BCUT2D eigenvalue weighted by Gasteiger charge is -2.14. The average Bonchev–Trinajstić information content (AvgIpc) is 3.19. The Balaban J connectivity index is 1.91. The van der Waals surface area contributed by atoms with Crippen molar-refractivity contribution in [2.75, 3.05) is 13.7 Å². The van der Waals surface area contributed by atoms with E-state index in [-0.39, 0.29) is 5.56 Å². The number of methoxy groups -OCH3 is 1. The molecule has 3 aromatic carbocycles. The normalized spacial score (nSPS) is 11.4. The third kappa shape index (κ3) is 3.65. The number of benzene rings is 3. The fourth-order valence-corrected chi connectivity index (χ4v) is 4.66. The van der Waals surface area contributed by atoms with Crippen molar-refractivity contribution in [3.05, 3.63) is 82.1 Å². The van der Waals surface area contributed by atoms with Gasteiger partial charge < -0.3 is 19.6 Å². The molecule has 7 heteroatoms. The zero-order chi connectivity index (χ0) is 23.8. The zero-order valence-electron chi connectivity index (χ0n) is 19.1. The number of hydrogen-bond donors (Lipinski definition) is 1. The second-order valence-electron chi connectivity index (χ2n) is 8.22. The summed E-state index contributed by atoms with van der Waals surface area (Å²) in [5.41, 5.74) is 11.3. The molecule has 172 valence electrons. The maximum atomic E-state index is 13.7. The molecule has 6 nitrogen and oxygen atoms in total. The van der Waals surface area contributed by atoms with Crippen LogP contribution in [0.2, 0.25) is 5.02 Å². The standard InChI is InChI=1S/C27H25ClN4O2/c1-31-23-13-12-19(34-2)16-21(23)30-25(27(31)33)24-20-6-3-4-7-22(20)32(15-5-14-29)26(24)17-8-10-18(28)11-9-17/h3-4,6-13,16H,5,14-15,29H2,1-2H3. The first-order valence-electron chi connectivity index (χ1n) is 11.2. The number of ether oxygens (including phenoxy) is 1. The summed E-state index contributed by atoms with van der Waals surface area (Å²) < 4.78 is 9.29. The highest BCUT2D eigenvalue weighted by atomic mass is 35.5. The Bertz CT molecular complexity index is 1570. The Morgan fingerprint density at radius 3 is 2.53 bits per heavy atom. The van der Waals surface area contributed by atoms with Crippen molar-refractivity contribution in [1.29, 1.82) is 0 Å². The molecular weight excluding hydrogens is 448 g/mol. The molecule has 5 aromatic rings. The van der Waals surface area contributed by atoms with Crippen LogP contribution in [0.5, 0.6) is 5.75 Å². The molecule has 0 aliphatic carbocycles. The van der Waals surface area contributed by atoms with Crippen LogP contribution >= 0.6 is 11.6 Å². The van der Waals surface area contributed by atoms with E-state index in [9.17, 15) is 4.79 Å². The van der Waals surface area contributed by atoms with E-state index in [1.807, 2.05) is 60.7 Å². The number of rotatable bonds is 6.